The van der Waals surface area contributed by atoms with Gasteiger partial charge < -0.3 is 11.5 Å². The van der Waals surface area contributed by atoms with Gasteiger partial charge in [-0.2, -0.15) is 0 Å². The van der Waals surface area contributed by atoms with Gasteiger partial charge in [0.15, 0.2) is 0 Å². The van der Waals surface area contributed by atoms with E-state index in [1.54, 1.807) is 0 Å². The lowest BCUT2D eigenvalue weighted by molar-refractivity contribution is 0.353. The van der Waals surface area contributed by atoms with E-state index >= 15 is 0 Å². The Bertz CT molecular complexity index is 252. The van der Waals surface area contributed by atoms with Gasteiger partial charge in [-0.25, -0.2) is 0 Å². The minimum atomic E-state index is 0.729. The standard InChI is InChI=1S/C26H56N2/c1-3-5-7-9-11-13-15-17-19-25(23-27)21-22-26(24-28)20-18-16-14-12-10-8-6-4-2/h25-26H,3-24,27-28H2,1-2H3. The number of hydrogen-bond donors (Lipinski definition) is 2. The van der Waals surface area contributed by atoms with Crippen molar-refractivity contribution in [3.63, 3.8) is 0 Å². The first kappa shape index (κ1) is 27.9. The van der Waals surface area contributed by atoms with Gasteiger partial charge in [0.1, 0.15) is 0 Å². The Morgan fingerprint density at radius 3 is 0.964 bits per heavy atom. The minimum absolute atomic E-state index is 0.729. The highest BCUT2D eigenvalue weighted by Crippen LogP contribution is 2.22. The Morgan fingerprint density at radius 1 is 0.393 bits per heavy atom. The van der Waals surface area contributed by atoms with Crippen LogP contribution in [0, 0.1) is 11.8 Å². The van der Waals surface area contributed by atoms with E-state index in [1.165, 1.54) is 128 Å². The fourth-order valence-electron chi connectivity index (χ4n) is 4.37. The summed E-state index contributed by atoms with van der Waals surface area (Å²) in [6.07, 6.45) is 27.8. The van der Waals surface area contributed by atoms with Gasteiger partial charge >= 0.3 is 0 Å². The van der Waals surface area contributed by atoms with Crippen LogP contribution in [0.25, 0.3) is 0 Å². The molecule has 28 heavy (non-hydrogen) atoms. The summed E-state index contributed by atoms with van der Waals surface area (Å²) in [7, 11) is 0. The zero-order valence-electron chi connectivity index (χ0n) is 19.9. The zero-order chi connectivity index (χ0) is 20.7. The first-order valence-corrected chi connectivity index (χ1v) is 13.2. The molecule has 0 aliphatic rings. The quantitative estimate of drug-likeness (QED) is 0.172. The second-order valence-corrected chi connectivity index (χ2v) is 9.31. The maximum absolute atomic E-state index is 6.05. The smallest absolute Gasteiger partial charge is 0.00489 e. The van der Waals surface area contributed by atoms with Gasteiger partial charge in [-0.05, 0) is 50.6 Å². The summed E-state index contributed by atoms with van der Waals surface area (Å²) in [5, 5.41) is 0. The van der Waals surface area contributed by atoms with Crippen LogP contribution in [0.5, 0.6) is 0 Å². The molecule has 0 spiro atoms. The molecule has 0 aliphatic carbocycles. The van der Waals surface area contributed by atoms with Crippen LogP contribution in [0.15, 0.2) is 0 Å². The second kappa shape index (κ2) is 23.2. The van der Waals surface area contributed by atoms with E-state index in [0.29, 0.717) is 0 Å². The van der Waals surface area contributed by atoms with Crippen molar-refractivity contribution < 1.29 is 0 Å². The predicted octanol–water partition coefficient (Wildman–Crippen LogP) is 7.98. The molecule has 0 aromatic heterocycles. The van der Waals surface area contributed by atoms with Gasteiger partial charge in [0.05, 0.1) is 0 Å². The van der Waals surface area contributed by atoms with E-state index in [9.17, 15) is 0 Å². The molecule has 0 fully saturated rings. The Hall–Kier alpha value is -0.0800. The van der Waals surface area contributed by atoms with Gasteiger partial charge in [-0.3, -0.25) is 0 Å². The SMILES string of the molecule is CCCCCCCCCCC(CN)CCC(CN)CCCCCCCCCC. The molecule has 0 aromatic rings. The number of rotatable bonds is 23. The molecule has 2 heteroatoms. The fourth-order valence-corrected chi connectivity index (χ4v) is 4.37. The normalized spacial score (nSPS) is 13.7. The predicted molar refractivity (Wildman–Crippen MR) is 129 cm³/mol. The highest BCUT2D eigenvalue weighted by Gasteiger charge is 2.12. The topological polar surface area (TPSA) is 52.0 Å². The third-order valence-corrected chi connectivity index (χ3v) is 6.58. The minimum Gasteiger partial charge on any atom is -0.330 e. The molecular weight excluding hydrogens is 340 g/mol. The molecule has 4 N–H and O–H groups in total. The summed E-state index contributed by atoms with van der Waals surface area (Å²) in [4.78, 5) is 0. The summed E-state index contributed by atoms with van der Waals surface area (Å²) < 4.78 is 0. The molecule has 170 valence electrons. The van der Waals surface area contributed by atoms with Crippen LogP contribution >= 0.6 is 0 Å². The van der Waals surface area contributed by atoms with Crippen LogP contribution in [0.4, 0.5) is 0 Å². The van der Waals surface area contributed by atoms with Crippen LogP contribution in [0.2, 0.25) is 0 Å². The van der Waals surface area contributed by atoms with E-state index in [1.807, 2.05) is 0 Å². The van der Waals surface area contributed by atoms with Crippen molar-refractivity contribution >= 4 is 0 Å². The van der Waals surface area contributed by atoms with Crippen molar-refractivity contribution in [2.75, 3.05) is 13.1 Å². The van der Waals surface area contributed by atoms with Crippen LogP contribution in [-0.4, -0.2) is 13.1 Å². The molecule has 0 rings (SSSR count). The van der Waals surface area contributed by atoms with Crippen molar-refractivity contribution in [2.45, 2.75) is 142 Å². The van der Waals surface area contributed by atoms with Gasteiger partial charge in [0, 0.05) is 0 Å². The van der Waals surface area contributed by atoms with Gasteiger partial charge in [0.2, 0.25) is 0 Å². The second-order valence-electron chi connectivity index (χ2n) is 9.31. The van der Waals surface area contributed by atoms with Gasteiger partial charge in [0.25, 0.3) is 0 Å². The summed E-state index contributed by atoms with van der Waals surface area (Å²) in [6.45, 7) is 6.31. The molecule has 2 unspecified atom stereocenters. The highest BCUT2D eigenvalue weighted by molar-refractivity contribution is 4.67. The lowest BCUT2D eigenvalue weighted by Crippen LogP contribution is -2.19. The summed E-state index contributed by atoms with van der Waals surface area (Å²) in [5.74, 6) is 1.46. The van der Waals surface area contributed by atoms with Crippen molar-refractivity contribution in [2.24, 2.45) is 23.3 Å². The van der Waals surface area contributed by atoms with Crippen LogP contribution in [-0.2, 0) is 0 Å². The molecule has 0 amide bonds. The average Bonchev–Trinajstić information content (AvgIpc) is 2.72. The summed E-state index contributed by atoms with van der Waals surface area (Å²) >= 11 is 0. The van der Waals surface area contributed by atoms with E-state index in [0.717, 1.165) is 24.9 Å². The number of hydrogen-bond acceptors (Lipinski definition) is 2. The summed E-state index contributed by atoms with van der Waals surface area (Å²) in [6, 6.07) is 0. The van der Waals surface area contributed by atoms with E-state index in [-0.39, 0.29) is 0 Å². The maximum atomic E-state index is 6.05. The molecule has 0 bridgehead atoms. The van der Waals surface area contributed by atoms with Gasteiger partial charge in [-0.15, -0.1) is 0 Å². The summed E-state index contributed by atoms with van der Waals surface area (Å²) in [5.41, 5.74) is 12.1. The first-order chi connectivity index (χ1) is 13.8. The Kier molecular flexibility index (Phi) is 23.1. The molecule has 0 saturated carbocycles. The molecule has 2 nitrogen and oxygen atoms in total. The van der Waals surface area contributed by atoms with E-state index < -0.39 is 0 Å². The van der Waals surface area contributed by atoms with Crippen molar-refractivity contribution in [3.8, 4) is 0 Å². The monoisotopic (exact) mass is 396 g/mol. The fraction of sp³-hybridized carbons (Fsp3) is 1.00. The number of unbranched alkanes of at least 4 members (excludes halogenated alkanes) is 14. The largest absolute Gasteiger partial charge is 0.330 e. The van der Waals surface area contributed by atoms with E-state index in [4.69, 9.17) is 11.5 Å². The molecule has 0 aromatic carbocycles. The first-order valence-electron chi connectivity index (χ1n) is 13.2. The number of nitrogens with two attached hydrogens (primary N) is 2. The van der Waals surface area contributed by atoms with Crippen LogP contribution in [0.1, 0.15) is 142 Å². The molecule has 0 aliphatic heterocycles. The van der Waals surface area contributed by atoms with Gasteiger partial charge in [-0.1, -0.05) is 117 Å². The Balaban J connectivity index is 3.61. The third-order valence-electron chi connectivity index (χ3n) is 6.58. The molecule has 0 heterocycles. The average molecular weight is 397 g/mol. The molecular formula is C26H56N2. The van der Waals surface area contributed by atoms with E-state index in [2.05, 4.69) is 13.8 Å². The maximum Gasteiger partial charge on any atom is -0.00489 e. The molecule has 0 radical (unpaired) electrons. The third kappa shape index (κ3) is 19.2. The van der Waals surface area contributed by atoms with Crippen LogP contribution in [0.3, 0.4) is 0 Å². The Labute approximate surface area is 179 Å². The van der Waals surface area contributed by atoms with Crippen molar-refractivity contribution in [1.29, 1.82) is 0 Å². The molecule has 2 atom stereocenters. The lowest BCUT2D eigenvalue weighted by atomic mass is 9.89. The zero-order valence-corrected chi connectivity index (χ0v) is 19.9. The van der Waals surface area contributed by atoms with Crippen molar-refractivity contribution in [3.05, 3.63) is 0 Å². The molecule has 0 saturated heterocycles. The lowest BCUT2D eigenvalue weighted by Gasteiger charge is -2.19. The highest BCUT2D eigenvalue weighted by atomic mass is 14.6. The van der Waals surface area contributed by atoms with Crippen molar-refractivity contribution in [1.82, 2.24) is 0 Å². The Morgan fingerprint density at radius 2 is 0.679 bits per heavy atom. The van der Waals surface area contributed by atoms with Crippen LogP contribution < -0.4 is 11.5 Å².